The molecule has 146 valence electrons. The normalized spacial score (nSPS) is 11.3. The van der Waals surface area contributed by atoms with Crippen molar-refractivity contribution in [1.82, 2.24) is 9.55 Å². The highest BCUT2D eigenvalue weighted by molar-refractivity contribution is 6.11. The van der Waals surface area contributed by atoms with Crippen molar-refractivity contribution in [3.63, 3.8) is 0 Å². The van der Waals surface area contributed by atoms with E-state index in [0.717, 1.165) is 28.1 Å². The molecule has 3 aromatic rings. The van der Waals surface area contributed by atoms with Crippen LogP contribution in [0, 0.1) is 6.92 Å². The first-order chi connectivity index (χ1) is 13.8. The van der Waals surface area contributed by atoms with Crippen LogP contribution in [-0.4, -0.2) is 28.4 Å². The number of nitrogens with two attached hydrogens (primary N) is 2. The number of pyridine rings is 2. The molecule has 0 aliphatic heterocycles. The maximum absolute atomic E-state index is 11.8. The first kappa shape index (κ1) is 19.8. The first-order valence-corrected chi connectivity index (χ1v) is 8.84. The average Bonchev–Trinajstić information content (AvgIpc) is 2.72. The summed E-state index contributed by atoms with van der Waals surface area (Å²) in [6.07, 6.45) is 1.70. The number of carbonyl (C=O) groups is 2. The van der Waals surface area contributed by atoms with E-state index in [2.05, 4.69) is 16.6 Å². The second-order valence-corrected chi connectivity index (χ2v) is 6.47. The molecule has 2 heterocycles. The summed E-state index contributed by atoms with van der Waals surface area (Å²) in [5.74, 6) is -1.20. The van der Waals surface area contributed by atoms with Crippen molar-refractivity contribution in [3.8, 4) is 22.4 Å². The molecule has 0 saturated carbocycles. The molecule has 29 heavy (non-hydrogen) atoms. The molecule has 0 atom stereocenters. The van der Waals surface area contributed by atoms with E-state index < -0.39 is 11.8 Å². The van der Waals surface area contributed by atoms with Gasteiger partial charge in [-0.25, -0.2) is 0 Å². The molecule has 7 nitrogen and oxygen atoms in total. The quantitative estimate of drug-likeness (QED) is 0.653. The minimum atomic E-state index is -0.663. The predicted molar refractivity (Wildman–Crippen MR) is 112 cm³/mol. The summed E-state index contributed by atoms with van der Waals surface area (Å²) in [4.78, 5) is 32.2. The van der Waals surface area contributed by atoms with E-state index in [1.165, 1.54) is 4.57 Å². The van der Waals surface area contributed by atoms with Crippen molar-refractivity contribution in [1.29, 1.82) is 0 Å². The molecular formula is C22H21N5O2. The maximum Gasteiger partial charge on any atom is 0.265 e. The Hall–Kier alpha value is -4.00. The molecule has 4 N–H and O–H groups in total. The summed E-state index contributed by atoms with van der Waals surface area (Å²) in [5.41, 5.74) is 15.7. The van der Waals surface area contributed by atoms with E-state index in [0.29, 0.717) is 11.1 Å². The zero-order valence-electron chi connectivity index (χ0n) is 16.2. The fourth-order valence-electron chi connectivity index (χ4n) is 3.02. The van der Waals surface area contributed by atoms with E-state index in [-0.39, 0.29) is 5.70 Å². The Labute approximate surface area is 168 Å². The van der Waals surface area contributed by atoms with Crippen LogP contribution >= 0.6 is 0 Å². The van der Waals surface area contributed by atoms with E-state index in [9.17, 15) is 9.59 Å². The van der Waals surface area contributed by atoms with Crippen LogP contribution in [0.4, 0.5) is 0 Å². The van der Waals surface area contributed by atoms with Gasteiger partial charge in [0.25, 0.3) is 5.91 Å². The Balaban J connectivity index is 2.30. The summed E-state index contributed by atoms with van der Waals surface area (Å²) < 4.78 is 1.52. The van der Waals surface area contributed by atoms with Crippen LogP contribution in [0.5, 0.6) is 0 Å². The smallest absolute Gasteiger partial charge is 0.265 e. The lowest BCUT2D eigenvalue weighted by atomic mass is 9.95. The van der Waals surface area contributed by atoms with Gasteiger partial charge in [0.05, 0.1) is 5.69 Å². The van der Waals surface area contributed by atoms with Crippen LogP contribution in [0.2, 0.25) is 0 Å². The summed E-state index contributed by atoms with van der Waals surface area (Å²) in [6.45, 7) is 5.65. The first-order valence-electron chi connectivity index (χ1n) is 8.84. The highest BCUT2D eigenvalue weighted by Crippen LogP contribution is 2.32. The maximum atomic E-state index is 11.8. The molecular weight excluding hydrogens is 366 g/mol. The molecule has 0 fully saturated rings. The standard InChI is InChI=1S/C22H21N5O2/c1-13-5-4-6-19(26-13)17-9-7-15(22(24)29)11-18(17)16-8-10-20(25-3)27(12-16)14(2)21(23)28/h4-12H,2H2,1,3H3,(H2,23,28)(H2,24,29). The van der Waals surface area contributed by atoms with Gasteiger partial charge in [0.2, 0.25) is 5.91 Å². The molecule has 2 amide bonds. The molecule has 0 unspecified atom stereocenters. The second kappa shape index (κ2) is 7.93. The van der Waals surface area contributed by atoms with Crippen molar-refractivity contribution < 1.29 is 9.59 Å². The van der Waals surface area contributed by atoms with E-state index in [4.69, 9.17) is 11.5 Å². The number of hydrogen-bond acceptors (Lipinski definition) is 4. The summed E-state index contributed by atoms with van der Waals surface area (Å²) in [6, 6.07) is 14.5. The Morgan fingerprint density at radius 2 is 1.83 bits per heavy atom. The van der Waals surface area contributed by atoms with Crippen molar-refractivity contribution in [2.75, 3.05) is 7.05 Å². The molecule has 3 rings (SSSR count). The highest BCUT2D eigenvalue weighted by Gasteiger charge is 2.14. The van der Waals surface area contributed by atoms with Gasteiger partial charge in [0, 0.05) is 30.1 Å². The number of primary amides is 2. The van der Waals surface area contributed by atoms with Gasteiger partial charge in [0.15, 0.2) is 0 Å². The molecule has 7 heteroatoms. The average molecular weight is 387 g/mol. The zero-order valence-corrected chi connectivity index (χ0v) is 16.2. The van der Waals surface area contributed by atoms with Gasteiger partial charge < -0.3 is 11.5 Å². The summed E-state index contributed by atoms with van der Waals surface area (Å²) >= 11 is 0. The van der Waals surface area contributed by atoms with E-state index in [1.807, 2.05) is 37.3 Å². The predicted octanol–water partition coefficient (Wildman–Crippen LogP) is 2.11. The molecule has 0 bridgehead atoms. The summed E-state index contributed by atoms with van der Waals surface area (Å²) in [5, 5.41) is 0. The third-order valence-corrected chi connectivity index (χ3v) is 4.51. The minimum Gasteiger partial charge on any atom is -0.366 e. The molecule has 0 radical (unpaired) electrons. The third kappa shape index (κ3) is 3.98. The minimum absolute atomic E-state index is 0.0775. The van der Waals surface area contributed by atoms with Crippen molar-refractivity contribution in [2.24, 2.45) is 16.5 Å². The number of carbonyl (C=O) groups excluding carboxylic acids is 2. The Kier molecular flexibility index (Phi) is 5.40. The van der Waals surface area contributed by atoms with Gasteiger partial charge in [0.1, 0.15) is 11.2 Å². The van der Waals surface area contributed by atoms with Crippen molar-refractivity contribution in [3.05, 3.63) is 78.1 Å². The largest absolute Gasteiger partial charge is 0.366 e. The van der Waals surface area contributed by atoms with E-state index in [1.54, 1.807) is 31.4 Å². The number of aromatic nitrogens is 2. The fourth-order valence-corrected chi connectivity index (χ4v) is 3.02. The lowest BCUT2D eigenvalue weighted by Gasteiger charge is -2.14. The van der Waals surface area contributed by atoms with Crippen LogP contribution in [-0.2, 0) is 4.79 Å². The lowest BCUT2D eigenvalue weighted by molar-refractivity contribution is -0.113. The molecule has 0 saturated heterocycles. The van der Waals surface area contributed by atoms with Gasteiger partial charge in [-0.3, -0.25) is 24.1 Å². The number of rotatable bonds is 5. The van der Waals surface area contributed by atoms with Gasteiger partial charge in [-0.15, -0.1) is 0 Å². The van der Waals surface area contributed by atoms with Crippen LogP contribution in [0.25, 0.3) is 28.1 Å². The SMILES string of the molecule is C=C(C(N)=O)n1cc(-c2cc(C(N)=O)ccc2-c2cccc(C)n2)ccc1=NC. The van der Waals surface area contributed by atoms with Gasteiger partial charge in [-0.05, 0) is 54.4 Å². The number of hydrogen-bond donors (Lipinski definition) is 2. The van der Waals surface area contributed by atoms with Crippen LogP contribution in [0.15, 0.2) is 66.3 Å². The number of benzene rings is 1. The zero-order chi connectivity index (χ0) is 21.1. The molecule has 2 aromatic heterocycles. The monoisotopic (exact) mass is 387 g/mol. The number of amides is 2. The third-order valence-electron chi connectivity index (χ3n) is 4.51. The topological polar surface area (TPSA) is 116 Å². The Morgan fingerprint density at radius 3 is 2.45 bits per heavy atom. The Bertz CT molecular complexity index is 1210. The van der Waals surface area contributed by atoms with Crippen LogP contribution < -0.4 is 17.0 Å². The van der Waals surface area contributed by atoms with Gasteiger partial charge >= 0.3 is 0 Å². The van der Waals surface area contributed by atoms with Crippen LogP contribution in [0.1, 0.15) is 16.1 Å². The van der Waals surface area contributed by atoms with Crippen LogP contribution in [0.3, 0.4) is 0 Å². The van der Waals surface area contributed by atoms with Gasteiger partial charge in [-0.2, -0.15) is 0 Å². The number of nitrogens with zero attached hydrogens (tertiary/aromatic N) is 3. The van der Waals surface area contributed by atoms with E-state index >= 15 is 0 Å². The summed E-state index contributed by atoms with van der Waals surface area (Å²) in [7, 11) is 1.61. The Morgan fingerprint density at radius 1 is 1.07 bits per heavy atom. The second-order valence-electron chi connectivity index (χ2n) is 6.47. The molecule has 0 aliphatic rings. The molecule has 1 aromatic carbocycles. The molecule has 0 aliphatic carbocycles. The number of aryl methyl sites for hydroxylation is 1. The van der Waals surface area contributed by atoms with Crippen molar-refractivity contribution in [2.45, 2.75) is 6.92 Å². The van der Waals surface area contributed by atoms with Gasteiger partial charge in [-0.1, -0.05) is 18.7 Å². The highest BCUT2D eigenvalue weighted by atomic mass is 16.1. The molecule has 0 spiro atoms. The fraction of sp³-hybridized carbons (Fsp3) is 0.0909. The van der Waals surface area contributed by atoms with Crippen molar-refractivity contribution >= 4 is 17.5 Å². The lowest BCUT2D eigenvalue weighted by Crippen LogP contribution is -2.26.